The zero-order valence-electron chi connectivity index (χ0n) is 14.8. The van der Waals surface area contributed by atoms with Gasteiger partial charge in [0.05, 0.1) is 23.6 Å². The van der Waals surface area contributed by atoms with E-state index in [4.69, 9.17) is 4.74 Å². The van der Waals surface area contributed by atoms with E-state index in [-0.39, 0.29) is 12.3 Å². The molecule has 3 rings (SSSR count). The van der Waals surface area contributed by atoms with Crippen molar-refractivity contribution in [2.45, 2.75) is 19.1 Å². The number of hydrogen-bond acceptors (Lipinski definition) is 6. The number of ether oxygens (including phenoxy) is 1. The summed E-state index contributed by atoms with van der Waals surface area (Å²) in [7, 11) is 0. The van der Waals surface area contributed by atoms with Gasteiger partial charge in [-0.05, 0) is 30.1 Å². The van der Waals surface area contributed by atoms with Gasteiger partial charge in [0, 0.05) is 0 Å². The number of hydrogen-bond donors (Lipinski definition) is 2. The van der Waals surface area contributed by atoms with E-state index in [9.17, 15) is 9.59 Å². The summed E-state index contributed by atoms with van der Waals surface area (Å²) < 4.78 is 5.38. The molecule has 3 aromatic rings. The average molecular weight is 384 g/mol. The highest BCUT2D eigenvalue weighted by molar-refractivity contribution is 7.98. The summed E-state index contributed by atoms with van der Waals surface area (Å²) in [5.74, 6) is -0.165. The molecule has 0 aliphatic rings. The summed E-state index contributed by atoms with van der Waals surface area (Å²) in [5.41, 5.74) is 2.49. The molecule has 0 unspecified atom stereocenters. The third-order valence-corrected chi connectivity index (χ3v) is 4.61. The first kappa shape index (κ1) is 18.9. The number of esters is 1. The number of aromatic nitrogens is 3. The van der Waals surface area contributed by atoms with Crippen molar-refractivity contribution >= 4 is 34.7 Å². The number of rotatable bonds is 8. The van der Waals surface area contributed by atoms with Crippen LogP contribution in [-0.2, 0) is 16.1 Å². The summed E-state index contributed by atoms with van der Waals surface area (Å²) in [6.07, 6.45) is 5.50. The van der Waals surface area contributed by atoms with E-state index in [1.54, 1.807) is 24.0 Å². The van der Waals surface area contributed by atoms with Crippen LogP contribution in [0.1, 0.15) is 22.5 Å². The fraction of sp³-hybridized carbons (Fsp3) is 0.263. The molecule has 2 heterocycles. The van der Waals surface area contributed by atoms with Gasteiger partial charge in [-0.3, -0.25) is 4.79 Å². The van der Waals surface area contributed by atoms with Gasteiger partial charge in [-0.15, -0.1) is 0 Å². The van der Waals surface area contributed by atoms with Gasteiger partial charge in [0.1, 0.15) is 18.3 Å². The lowest BCUT2D eigenvalue weighted by molar-refractivity contribution is -0.147. The zero-order chi connectivity index (χ0) is 19.1. The number of fused-ring (bicyclic) bond motifs is 1. The molecule has 27 heavy (non-hydrogen) atoms. The quantitative estimate of drug-likeness (QED) is 0.580. The van der Waals surface area contributed by atoms with Crippen molar-refractivity contribution < 1.29 is 14.3 Å². The highest BCUT2D eigenvalue weighted by atomic mass is 32.2. The fourth-order valence-corrected chi connectivity index (χ4v) is 2.98. The third-order valence-electron chi connectivity index (χ3n) is 3.96. The van der Waals surface area contributed by atoms with Crippen molar-refractivity contribution in [1.82, 2.24) is 20.3 Å². The molecule has 1 amide bonds. The number of carbonyl (C=O) groups excluding carboxylic acids is 2. The van der Waals surface area contributed by atoms with Gasteiger partial charge in [0.15, 0.2) is 0 Å². The van der Waals surface area contributed by atoms with Crippen molar-refractivity contribution in [3.05, 3.63) is 60.2 Å². The minimum absolute atomic E-state index is 0.169. The van der Waals surface area contributed by atoms with Crippen LogP contribution in [0.25, 0.3) is 11.0 Å². The number of aromatic amines is 1. The first-order chi connectivity index (χ1) is 13.2. The van der Waals surface area contributed by atoms with Crippen LogP contribution in [0.5, 0.6) is 0 Å². The van der Waals surface area contributed by atoms with Crippen LogP contribution < -0.4 is 5.32 Å². The molecule has 2 aromatic heterocycles. The second-order valence-electron chi connectivity index (χ2n) is 5.89. The third kappa shape index (κ3) is 5.07. The van der Waals surface area contributed by atoms with E-state index in [1.165, 1.54) is 6.33 Å². The lowest BCUT2D eigenvalue weighted by Gasteiger charge is -2.17. The fourth-order valence-electron chi connectivity index (χ4n) is 2.50. The first-order valence-corrected chi connectivity index (χ1v) is 9.86. The van der Waals surface area contributed by atoms with Gasteiger partial charge in [-0.1, -0.05) is 30.3 Å². The maximum absolute atomic E-state index is 12.5. The van der Waals surface area contributed by atoms with Crippen LogP contribution in [0.4, 0.5) is 0 Å². The number of nitrogens with one attached hydrogen (secondary N) is 2. The predicted molar refractivity (Wildman–Crippen MR) is 104 cm³/mol. The van der Waals surface area contributed by atoms with Gasteiger partial charge in [0.25, 0.3) is 5.91 Å². The molecule has 0 saturated carbocycles. The maximum Gasteiger partial charge on any atom is 0.329 e. The first-order valence-electron chi connectivity index (χ1n) is 8.47. The highest BCUT2D eigenvalue weighted by Crippen LogP contribution is 2.10. The Balaban J connectivity index is 1.65. The molecule has 140 valence electrons. The van der Waals surface area contributed by atoms with Gasteiger partial charge in [0.2, 0.25) is 0 Å². The number of pyridine rings is 1. The number of imidazole rings is 1. The van der Waals surface area contributed by atoms with Crippen LogP contribution >= 0.6 is 11.8 Å². The Morgan fingerprint density at radius 2 is 2.07 bits per heavy atom. The topological polar surface area (TPSA) is 97.0 Å². The molecule has 0 saturated heterocycles. The van der Waals surface area contributed by atoms with E-state index in [1.807, 2.05) is 36.6 Å². The Hall–Kier alpha value is -2.87. The molecule has 8 heteroatoms. The Labute approximate surface area is 160 Å². The number of carbonyl (C=O) groups is 2. The molecule has 1 aromatic carbocycles. The van der Waals surface area contributed by atoms with Crippen molar-refractivity contribution in [1.29, 1.82) is 0 Å². The molecular weight excluding hydrogens is 364 g/mol. The van der Waals surface area contributed by atoms with Crippen LogP contribution in [0.3, 0.4) is 0 Å². The van der Waals surface area contributed by atoms with Crippen molar-refractivity contribution in [3.63, 3.8) is 0 Å². The molecule has 0 aliphatic heterocycles. The molecular formula is C19H20N4O3S. The second-order valence-corrected chi connectivity index (χ2v) is 6.88. The lowest BCUT2D eigenvalue weighted by atomic mass is 10.2. The van der Waals surface area contributed by atoms with Crippen LogP contribution in [0.15, 0.2) is 48.9 Å². The van der Waals surface area contributed by atoms with E-state index in [2.05, 4.69) is 20.3 Å². The predicted octanol–water partition coefficient (Wildman–Crippen LogP) is 2.55. The summed E-state index contributed by atoms with van der Waals surface area (Å²) in [5, 5.41) is 2.73. The minimum Gasteiger partial charge on any atom is -0.459 e. The van der Waals surface area contributed by atoms with E-state index >= 15 is 0 Å². The Bertz CT molecular complexity index is 913. The van der Waals surface area contributed by atoms with Gasteiger partial charge in [-0.2, -0.15) is 11.8 Å². The lowest BCUT2D eigenvalue weighted by Crippen LogP contribution is -2.42. The number of amides is 1. The molecule has 0 bridgehead atoms. The number of H-pyrrole nitrogens is 1. The molecule has 0 aliphatic carbocycles. The average Bonchev–Trinajstić information content (AvgIpc) is 3.17. The zero-order valence-corrected chi connectivity index (χ0v) is 15.7. The minimum atomic E-state index is -0.731. The molecule has 0 fully saturated rings. The van der Waals surface area contributed by atoms with Crippen molar-refractivity contribution in [3.8, 4) is 0 Å². The van der Waals surface area contributed by atoms with Crippen molar-refractivity contribution in [2.24, 2.45) is 0 Å². The van der Waals surface area contributed by atoms with E-state index < -0.39 is 17.9 Å². The van der Waals surface area contributed by atoms with Crippen LogP contribution in [0.2, 0.25) is 0 Å². The molecule has 2 N–H and O–H groups in total. The standard InChI is InChI=1S/C19H20N4O3S/c1-27-8-7-14(19(25)26-11-13-5-3-2-4-6-13)23-18(24)16-9-15-17(10-20-16)22-12-21-15/h2-6,9-10,12,14H,7-8,11H2,1H3,(H,21,22)(H,23,24)/t14-/m0/s1. The summed E-state index contributed by atoms with van der Waals surface area (Å²) in [4.78, 5) is 36.2. The largest absolute Gasteiger partial charge is 0.459 e. The number of thioether (sulfide) groups is 1. The summed E-state index contributed by atoms with van der Waals surface area (Å²) in [6, 6.07) is 10.3. The van der Waals surface area contributed by atoms with Gasteiger partial charge < -0.3 is 15.0 Å². The van der Waals surface area contributed by atoms with Crippen LogP contribution in [0, 0.1) is 0 Å². The van der Waals surface area contributed by atoms with E-state index in [0.717, 1.165) is 16.8 Å². The SMILES string of the molecule is CSCC[C@H](NC(=O)c1cc2nc[nH]c2cn1)C(=O)OCc1ccccc1. The van der Waals surface area contributed by atoms with Crippen LogP contribution in [-0.4, -0.2) is 44.9 Å². The molecule has 0 spiro atoms. The number of nitrogens with zero attached hydrogens (tertiary/aromatic N) is 2. The molecule has 7 nitrogen and oxygen atoms in total. The maximum atomic E-state index is 12.5. The Kier molecular flexibility index (Phi) is 6.43. The van der Waals surface area contributed by atoms with Gasteiger partial charge in [-0.25, -0.2) is 14.8 Å². The number of benzene rings is 1. The smallest absolute Gasteiger partial charge is 0.329 e. The molecule has 0 radical (unpaired) electrons. The van der Waals surface area contributed by atoms with Crippen molar-refractivity contribution in [2.75, 3.05) is 12.0 Å². The summed E-state index contributed by atoms with van der Waals surface area (Å²) >= 11 is 1.60. The molecule has 1 atom stereocenters. The highest BCUT2D eigenvalue weighted by Gasteiger charge is 2.23. The monoisotopic (exact) mass is 384 g/mol. The normalized spacial score (nSPS) is 11.9. The van der Waals surface area contributed by atoms with Gasteiger partial charge >= 0.3 is 5.97 Å². The Morgan fingerprint density at radius 1 is 1.26 bits per heavy atom. The summed E-state index contributed by atoms with van der Waals surface area (Å²) in [6.45, 7) is 0.169. The Morgan fingerprint density at radius 3 is 2.85 bits per heavy atom. The van der Waals surface area contributed by atoms with E-state index in [0.29, 0.717) is 11.9 Å². The second kappa shape index (κ2) is 9.18.